The zero-order chi connectivity index (χ0) is 26.2. The number of amides is 2. The fourth-order valence-electron chi connectivity index (χ4n) is 3.50. The third kappa shape index (κ3) is 8.95. The molecule has 0 spiro atoms. The number of nitrogens with one attached hydrogen (secondary N) is 2. The summed E-state index contributed by atoms with van der Waals surface area (Å²) < 4.78 is 21.6. The maximum Gasteiger partial charge on any atom is 0.412 e. The number of alkyl carbamates (subject to hydrolysis) is 1. The molecule has 192 valence electrons. The van der Waals surface area contributed by atoms with Crippen molar-refractivity contribution in [3.8, 4) is 22.8 Å². The van der Waals surface area contributed by atoms with Gasteiger partial charge in [0.15, 0.2) is 11.5 Å². The van der Waals surface area contributed by atoms with E-state index in [1.165, 1.54) is 14.2 Å². The molecule has 0 aliphatic rings. The molecule has 0 aromatic carbocycles. The normalized spacial score (nSPS) is 12.9. The molecule has 10 heteroatoms. The number of pyridine rings is 2. The highest BCUT2D eigenvalue weighted by Crippen LogP contribution is 2.32. The highest BCUT2D eigenvalue weighted by Gasteiger charge is 2.31. The summed E-state index contributed by atoms with van der Waals surface area (Å²) in [5.74, 6) is 1.53. The van der Waals surface area contributed by atoms with Gasteiger partial charge in [0, 0.05) is 17.8 Å². The first kappa shape index (κ1) is 27.7. The molecular weight excluding hydrogens is 452 g/mol. The number of hydrogen-bond donors (Lipinski definition) is 2. The molecule has 0 aliphatic carbocycles. The van der Waals surface area contributed by atoms with E-state index in [1.807, 2.05) is 27.7 Å². The predicted molar refractivity (Wildman–Crippen MR) is 133 cm³/mol. The van der Waals surface area contributed by atoms with Crippen LogP contribution >= 0.6 is 0 Å². The minimum atomic E-state index is -0.681. The van der Waals surface area contributed by atoms with Gasteiger partial charge in [-0.25, -0.2) is 14.6 Å². The lowest BCUT2D eigenvalue weighted by Crippen LogP contribution is -2.52. The van der Waals surface area contributed by atoms with Gasteiger partial charge in [0.2, 0.25) is 0 Å². The molecule has 1 atom stereocenters. The maximum atomic E-state index is 12.4. The van der Waals surface area contributed by atoms with E-state index in [-0.39, 0.29) is 6.61 Å². The van der Waals surface area contributed by atoms with Gasteiger partial charge in [0.1, 0.15) is 18.0 Å². The predicted octanol–water partition coefficient (Wildman–Crippen LogP) is 5.04. The Hall–Kier alpha value is -3.56. The molecule has 35 heavy (non-hydrogen) atoms. The molecule has 0 radical (unpaired) electrons. The van der Waals surface area contributed by atoms with Gasteiger partial charge in [-0.1, -0.05) is 13.8 Å². The smallest absolute Gasteiger partial charge is 0.412 e. The van der Waals surface area contributed by atoms with E-state index >= 15 is 0 Å². The number of rotatable bonds is 9. The van der Waals surface area contributed by atoms with E-state index in [2.05, 4.69) is 39.2 Å². The summed E-state index contributed by atoms with van der Waals surface area (Å²) in [6.45, 7) is 11.7. The van der Waals surface area contributed by atoms with Crippen LogP contribution in [0.15, 0.2) is 30.6 Å². The lowest BCUT2D eigenvalue weighted by Gasteiger charge is -2.33. The van der Waals surface area contributed by atoms with Crippen LogP contribution < -0.4 is 20.1 Å². The highest BCUT2D eigenvalue weighted by atomic mass is 16.6. The molecule has 0 saturated carbocycles. The Morgan fingerprint density at radius 2 is 1.74 bits per heavy atom. The molecule has 2 rings (SSSR count). The van der Waals surface area contributed by atoms with Gasteiger partial charge in [-0.15, -0.1) is 0 Å². The molecular formula is C25H36N4O6. The summed E-state index contributed by atoms with van der Waals surface area (Å²) in [6.07, 6.45) is 2.67. The van der Waals surface area contributed by atoms with Crippen LogP contribution in [0.4, 0.5) is 15.4 Å². The fourth-order valence-corrected chi connectivity index (χ4v) is 3.50. The minimum absolute atomic E-state index is 0.185. The molecule has 0 unspecified atom stereocenters. The summed E-state index contributed by atoms with van der Waals surface area (Å²) >= 11 is 0. The lowest BCUT2D eigenvalue weighted by molar-refractivity contribution is 0.0407. The molecule has 0 bridgehead atoms. The van der Waals surface area contributed by atoms with Crippen LogP contribution in [-0.4, -0.2) is 54.1 Å². The minimum Gasteiger partial charge on any atom is -0.493 e. The van der Waals surface area contributed by atoms with Crippen LogP contribution in [0.5, 0.6) is 11.5 Å². The molecule has 2 amide bonds. The molecule has 2 heterocycles. The third-order valence-corrected chi connectivity index (χ3v) is 4.73. The quantitative estimate of drug-likeness (QED) is 0.504. The second-order valence-corrected chi connectivity index (χ2v) is 9.84. The van der Waals surface area contributed by atoms with Crippen molar-refractivity contribution in [2.24, 2.45) is 5.92 Å². The Morgan fingerprint density at radius 1 is 1.03 bits per heavy atom. The van der Waals surface area contributed by atoms with Gasteiger partial charge in [0.25, 0.3) is 0 Å². The first-order valence-corrected chi connectivity index (χ1v) is 11.3. The van der Waals surface area contributed by atoms with Crippen molar-refractivity contribution in [3.05, 3.63) is 30.6 Å². The van der Waals surface area contributed by atoms with Gasteiger partial charge in [-0.05, 0) is 52.2 Å². The van der Waals surface area contributed by atoms with E-state index in [9.17, 15) is 9.59 Å². The van der Waals surface area contributed by atoms with Crippen molar-refractivity contribution >= 4 is 18.0 Å². The molecule has 2 N–H and O–H groups in total. The first-order chi connectivity index (χ1) is 16.3. The second-order valence-electron chi connectivity index (χ2n) is 9.84. The fraction of sp³-hybridized carbons (Fsp3) is 0.520. The number of carbonyl (C=O) groups is 2. The van der Waals surface area contributed by atoms with Crippen LogP contribution in [0.25, 0.3) is 11.3 Å². The second kappa shape index (κ2) is 11.7. The third-order valence-electron chi connectivity index (χ3n) is 4.73. The Kier molecular flexibility index (Phi) is 9.27. The van der Waals surface area contributed by atoms with Gasteiger partial charge < -0.3 is 24.3 Å². The monoisotopic (exact) mass is 488 g/mol. The number of ether oxygens (including phenoxy) is 4. The van der Waals surface area contributed by atoms with E-state index < -0.39 is 23.3 Å². The number of methoxy groups -OCH3 is 2. The van der Waals surface area contributed by atoms with Gasteiger partial charge in [0.05, 0.1) is 31.6 Å². The summed E-state index contributed by atoms with van der Waals surface area (Å²) in [6, 6.07) is 5.16. The maximum absolute atomic E-state index is 12.4. The number of hydrogen-bond acceptors (Lipinski definition) is 8. The number of anilines is 1. The zero-order valence-electron chi connectivity index (χ0n) is 21.7. The van der Waals surface area contributed by atoms with Crippen molar-refractivity contribution in [2.75, 3.05) is 26.1 Å². The number of aromatic nitrogens is 2. The van der Waals surface area contributed by atoms with Crippen LogP contribution in [0.3, 0.4) is 0 Å². The van der Waals surface area contributed by atoms with Crippen molar-refractivity contribution < 1.29 is 28.5 Å². The molecule has 10 nitrogen and oxygen atoms in total. The largest absolute Gasteiger partial charge is 0.493 e. The summed E-state index contributed by atoms with van der Waals surface area (Å²) in [5.41, 5.74) is 0.0276. The topological polar surface area (TPSA) is 121 Å². The Bertz CT molecular complexity index is 1020. The van der Waals surface area contributed by atoms with Crippen molar-refractivity contribution in [3.63, 3.8) is 0 Å². The molecule has 2 aromatic rings. The Balaban J connectivity index is 2.21. The average Bonchev–Trinajstić information content (AvgIpc) is 2.75. The highest BCUT2D eigenvalue weighted by molar-refractivity contribution is 5.84. The zero-order valence-corrected chi connectivity index (χ0v) is 21.7. The number of nitrogens with zero attached hydrogens (tertiary/aromatic N) is 2. The van der Waals surface area contributed by atoms with Crippen molar-refractivity contribution in [1.82, 2.24) is 15.3 Å². The van der Waals surface area contributed by atoms with Crippen molar-refractivity contribution in [2.45, 2.75) is 59.1 Å². The van der Waals surface area contributed by atoms with Gasteiger partial charge in [-0.2, -0.15) is 0 Å². The van der Waals surface area contributed by atoms with Crippen LogP contribution in [0.1, 0.15) is 48.0 Å². The van der Waals surface area contributed by atoms with E-state index in [0.29, 0.717) is 40.9 Å². The van der Waals surface area contributed by atoms with Gasteiger partial charge >= 0.3 is 12.2 Å². The Labute approximate surface area is 206 Å². The molecule has 0 fully saturated rings. The Morgan fingerprint density at radius 3 is 2.34 bits per heavy atom. The molecule has 0 saturated heterocycles. The van der Waals surface area contributed by atoms with Crippen LogP contribution in [0.2, 0.25) is 0 Å². The van der Waals surface area contributed by atoms with Gasteiger partial charge in [-0.3, -0.25) is 10.3 Å². The number of carbonyl (C=O) groups excluding carboxylic acids is 2. The van der Waals surface area contributed by atoms with E-state index in [4.69, 9.17) is 14.2 Å². The molecule has 2 aromatic heterocycles. The summed E-state index contributed by atoms with van der Waals surface area (Å²) in [4.78, 5) is 32.5. The first-order valence-electron chi connectivity index (χ1n) is 11.3. The van der Waals surface area contributed by atoms with Crippen LogP contribution in [-0.2, 0) is 9.47 Å². The standard InChI is InChI=1S/C25H36N4O6/c1-16(2)13-25(6,29-23(31)35-24(3,4)5)15-34-20-14-27-18(12-19(20)32-7)17-9-10-26-21(11-17)28-22(30)33-8/h9-12,14,16H,13,15H2,1-8H3,(H,29,31)(H,26,28,30)/t25-/m0/s1. The molecule has 0 aliphatic heterocycles. The van der Waals surface area contributed by atoms with E-state index in [1.54, 1.807) is 30.6 Å². The summed E-state index contributed by atoms with van der Waals surface area (Å²) in [7, 11) is 2.81. The average molecular weight is 489 g/mol. The van der Waals surface area contributed by atoms with Crippen molar-refractivity contribution in [1.29, 1.82) is 0 Å². The SMILES string of the molecule is COC(=O)Nc1cc(-c2cc(OC)c(OC[C@](C)(CC(C)C)NC(=O)OC(C)(C)C)cn2)ccn1. The van der Waals surface area contributed by atoms with E-state index in [0.717, 1.165) is 0 Å². The summed E-state index contributed by atoms with van der Waals surface area (Å²) in [5, 5.41) is 5.48. The lowest BCUT2D eigenvalue weighted by atomic mass is 9.91. The van der Waals surface area contributed by atoms with Crippen LogP contribution in [0, 0.1) is 5.92 Å².